The molecule has 1 amide bonds. The molecule has 1 aliphatic carbocycles. The number of carbonyl (C=O) groups is 1. The fraction of sp³-hybridized carbons (Fsp3) is 0.545. The van der Waals surface area contributed by atoms with Crippen molar-refractivity contribution in [2.45, 2.75) is 51.0 Å². The van der Waals surface area contributed by atoms with Crippen molar-refractivity contribution >= 4 is 16.8 Å². The highest BCUT2D eigenvalue weighted by atomic mass is 16.5. The Bertz CT molecular complexity index is 856. The summed E-state index contributed by atoms with van der Waals surface area (Å²) in [5.41, 5.74) is 1.25. The lowest BCUT2D eigenvalue weighted by Gasteiger charge is -2.31. The van der Waals surface area contributed by atoms with Gasteiger partial charge in [0.2, 0.25) is 5.91 Å². The van der Waals surface area contributed by atoms with Crippen LogP contribution in [0.2, 0.25) is 0 Å². The molecule has 6 heteroatoms. The van der Waals surface area contributed by atoms with E-state index in [0.717, 1.165) is 23.2 Å². The average molecular weight is 386 g/mol. The third-order valence-electron chi connectivity index (χ3n) is 5.73. The molecule has 28 heavy (non-hydrogen) atoms. The summed E-state index contributed by atoms with van der Waals surface area (Å²) in [6.07, 6.45) is 7.24. The molecule has 0 saturated heterocycles. The van der Waals surface area contributed by atoms with Crippen LogP contribution in [0.1, 0.15) is 44.1 Å². The van der Waals surface area contributed by atoms with Crippen molar-refractivity contribution in [1.29, 1.82) is 0 Å². The third kappa shape index (κ3) is 5.35. The molecule has 1 saturated carbocycles. The van der Waals surface area contributed by atoms with E-state index in [4.69, 9.17) is 4.74 Å². The van der Waals surface area contributed by atoms with Gasteiger partial charge in [0.05, 0.1) is 7.11 Å². The maximum Gasteiger partial charge on any atom is 0.251 e. The Morgan fingerprint density at radius 2 is 2.04 bits per heavy atom. The zero-order chi connectivity index (χ0) is 19.9. The van der Waals surface area contributed by atoms with Gasteiger partial charge >= 0.3 is 0 Å². The summed E-state index contributed by atoms with van der Waals surface area (Å²) in [5.74, 6) is 0.729. The van der Waals surface area contributed by atoms with Crippen molar-refractivity contribution in [3.63, 3.8) is 0 Å². The minimum Gasteiger partial charge on any atom is -0.497 e. The molecule has 1 aliphatic rings. The van der Waals surface area contributed by atoms with Crippen LogP contribution in [0.5, 0.6) is 5.75 Å². The third-order valence-corrected chi connectivity index (χ3v) is 5.73. The number of aromatic nitrogens is 1. The van der Waals surface area contributed by atoms with Crippen LogP contribution in [-0.4, -0.2) is 49.1 Å². The Morgan fingerprint density at radius 3 is 2.79 bits per heavy atom. The second-order valence-corrected chi connectivity index (χ2v) is 7.70. The Labute approximate surface area is 166 Å². The highest BCUT2D eigenvalue weighted by Gasteiger charge is 2.17. The summed E-state index contributed by atoms with van der Waals surface area (Å²) in [4.78, 5) is 29.7. The molecule has 1 aromatic carbocycles. The number of amides is 1. The number of methoxy groups -OCH3 is 1. The van der Waals surface area contributed by atoms with E-state index in [9.17, 15) is 9.59 Å². The highest BCUT2D eigenvalue weighted by Crippen LogP contribution is 2.21. The Hall–Kier alpha value is -2.34. The van der Waals surface area contributed by atoms with Crippen LogP contribution in [0, 0.1) is 0 Å². The monoisotopic (exact) mass is 385 g/mol. The maximum atomic E-state index is 12.3. The van der Waals surface area contributed by atoms with Crippen LogP contribution in [0.15, 0.2) is 29.1 Å². The molecule has 3 rings (SSSR count). The van der Waals surface area contributed by atoms with E-state index in [-0.39, 0.29) is 11.5 Å². The predicted molar refractivity (Wildman–Crippen MR) is 112 cm³/mol. The van der Waals surface area contributed by atoms with E-state index in [1.54, 1.807) is 7.11 Å². The molecule has 6 nitrogen and oxygen atoms in total. The normalized spacial score (nSPS) is 15.1. The van der Waals surface area contributed by atoms with Gasteiger partial charge in [-0.15, -0.1) is 0 Å². The van der Waals surface area contributed by atoms with Crippen LogP contribution in [0.3, 0.4) is 0 Å². The van der Waals surface area contributed by atoms with Crippen LogP contribution >= 0.6 is 0 Å². The maximum absolute atomic E-state index is 12.3. The average Bonchev–Trinajstić information content (AvgIpc) is 2.72. The number of aromatic amines is 1. The van der Waals surface area contributed by atoms with Crippen molar-refractivity contribution in [2.24, 2.45) is 0 Å². The first-order valence-corrected chi connectivity index (χ1v) is 10.2. The zero-order valence-electron chi connectivity index (χ0n) is 16.9. The molecule has 1 aromatic heterocycles. The van der Waals surface area contributed by atoms with Gasteiger partial charge in [0.15, 0.2) is 0 Å². The molecular formula is C22H31N3O3. The molecule has 0 unspecified atom stereocenters. The van der Waals surface area contributed by atoms with Crippen molar-refractivity contribution in [3.8, 4) is 5.75 Å². The van der Waals surface area contributed by atoms with Gasteiger partial charge in [-0.05, 0) is 50.6 Å². The molecular weight excluding hydrogens is 354 g/mol. The number of benzene rings is 1. The fourth-order valence-electron chi connectivity index (χ4n) is 3.96. The number of nitrogens with zero attached hydrogens (tertiary/aromatic N) is 1. The smallest absolute Gasteiger partial charge is 0.251 e. The number of hydrogen-bond acceptors (Lipinski definition) is 4. The minimum absolute atomic E-state index is 0.0119. The fourth-order valence-corrected chi connectivity index (χ4v) is 3.96. The van der Waals surface area contributed by atoms with Gasteiger partial charge in [-0.1, -0.05) is 19.3 Å². The van der Waals surface area contributed by atoms with Gasteiger partial charge in [-0.25, -0.2) is 0 Å². The van der Waals surface area contributed by atoms with E-state index in [2.05, 4.69) is 22.2 Å². The van der Waals surface area contributed by atoms with Gasteiger partial charge < -0.3 is 19.9 Å². The largest absolute Gasteiger partial charge is 0.497 e. The number of fused-ring (bicyclic) bond motifs is 1. The van der Waals surface area contributed by atoms with Gasteiger partial charge in [0, 0.05) is 42.0 Å². The summed E-state index contributed by atoms with van der Waals surface area (Å²) < 4.78 is 5.24. The molecule has 2 aromatic rings. The summed E-state index contributed by atoms with van der Waals surface area (Å²) >= 11 is 0. The van der Waals surface area contributed by atoms with Crippen LogP contribution in [0.4, 0.5) is 0 Å². The number of nitrogens with one attached hydrogen (secondary N) is 2. The molecule has 0 aliphatic heterocycles. The van der Waals surface area contributed by atoms with Gasteiger partial charge in [-0.2, -0.15) is 0 Å². The first-order valence-electron chi connectivity index (χ1n) is 10.2. The van der Waals surface area contributed by atoms with E-state index >= 15 is 0 Å². The summed E-state index contributed by atoms with van der Waals surface area (Å²) in [6, 6.07) is 8.03. The number of pyridine rings is 1. The second kappa shape index (κ2) is 9.73. The predicted octanol–water partition coefficient (Wildman–Crippen LogP) is 2.85. The van der Waals surface area contributed by atoms with Gasteiger partial charge in [-0.3, -0.25) is 9.59 Å². The van der Waals surface area contributed by atoms with E-state index in [0.29, 0.717) is 31.0 Å². The molecule has 1 heterocycles. The number of H-pyrrole nitrogens is 1. The minimum atomic E-state index is -0.137. The molecule has 0 atom stereocenters. The second-order valence-electron chi connectivity index (χ2n) is 7.70. The van der Waals surface area contributed by atoms with Crippen LogP contribution in [-0.2, 0) is 11.2 Å². The number of likely N-dealkylation sites (N-methyl/N-ethyl adjacent to an activating group) is 1. The first-order chi connectivity index (χ1) is 13.6. The molecule has 0 bridgehead atoms. The van der Waals surface area contributed by atoms with Gasteiger partial charge in [0.25, 0.3) is 5.56 Å². The summed E-state index contributed by atoms with van der Waals surface area (Å²) in [7, 11) is 3.76. The Kier molecular flexibility index (Phi) is 7.09. The topological polar surface area (TPSA) is 74.4 Å². The number of aryl methyl sites for hydroxylation is 1. The van der Waals surface area contributed by atoms with Crippen molar-refractivity contribution in [1.82, 2.24) is 15.2 Å². The Morgan fingerprint density at radius 1 is 1.25 bits per heavy atom. The molecule has 152 valence electrons. The number of hydrogen-bond donors (Lipinski definition) is 2. The molecule has 0 radical (unpaired) electrons. The van der Waals surface area contributed by atoms with Crippen LogP contribution in [0.25, 0.3) is 10.9 Å². The number of carbonyl (C=O) groups excluding carboxylic acids is 1. The van der Waals surface area contributed by atoms with E-state index in [1.165, 1.54) is 32.1 Å². The quantitative estimate of drug-likeness (QED) is 0.733. The standard InChI is InChI=1S/C22H31N3O3/c1-25(18-6-4-3-5-7-18)13-12-23-21(26)11-8-16-14-17-15-19(28-2)9-10-20(17)24-22(16)27/h9-10,14-15,18H,3-8,11-13H2,1-2H3,(H,23,26)(H,24,27). The van der Waals surface area contributed by atoms with E-state index in [1.807, 2.05) is 24.3 Å². The van der Waals surface area contributed by atoms with Crippen LogP contribution < -0.4 is 15.6 Å². The van der Waals surface area contributed by atoms with Crippen molar-refractivity contribution in [2.75, 3.05) is 27.2 Å². The molecule has 1 fully saturated rings. The van der Waals surface area contributed by atoms with Gasteiger partial charge in [0.1, 0.15) is 5.75 Å². The number of rotatable bonds is 8. The SMILES string of the molecule is COc1ccc2[nH]c(=O)c(CCC(=O)NCCN(C)C3CCCCC3)cc2c1. The van der Waals surface area contributed by atoms with Crippen molar-refractivity contribution < 1.29 is 9.53 Å². The molecule has 0 spiro atoms. The van der Waals surface area contributed by atoms with Crippen molar-refractivity contribution in [3.05, 3.63) is 40.2 Å². The summed E-state index contributed by atoms with van der Waals surface area (Å²) in [5, 5.41) is 3.89. The highest BCUT2D eigenvalue weighted by molar-refractivity contribution is 5.81. The summed E-state index contributed by atoms with van der Waals surface area (Å²) in [6.45, 7) is 1.52. The lowest BCUT2D eigenvalue weighted by Crippen LogP contribution is -2.39. The van der Waals surface area contributed by atoms with E-state index < -0.39 is 0 Å². The molecule has 2 N–H and O–H groups in total. The Balaban J connectivity index is 1.48. The first kappa shape index (κ1) is 20.4. The lowest BCUT2D eigenvalue weighted by molar-refractivity contribution is -0.121. The zero-order valence-corrected chi connectivity index (χ0v) is 16.9. The number of ether oxygens (including phenoxy) is 1. The lowest BCUT2D eigenvalue weighted by atomic mass is 9.94.